The first-order valence-electron chi connectivity index (χ1n) is 7.85. The zero-order valence-corrected chi connectivity index (χ0v) is 12.7. The molecule has 5 heteroatoms. The number of fused-ring (bicyclic) bond motifs is 1. The zero-order valence-electron chi connectivity index (χ0n) is 12.7. The smallest absolute Gasteiger partial charge is 0.253 e. The number of H-pyrrole nitrogens is 1. The van der Waals surface area contributed by atoms with Crippen LogP contribution in [0.1, 0.15) is 28.8 Å². The van der Waals surface area contributed by atoms with Crippen molar-refractivity contribution in [1.29, 1.82) is 0 Å². The maximum atomic E-state index is 12.3. The molecule has 5 nitrogen and oxygen atoms in total. The summed E-state index contributed by atoms with van der Waals surface area (Å²) in [6, 6.07) is 14.2. The first-order chi connectivity index (χ1) is 11.3. The summed E-state index contributed by atoms with van der Waals surface area (Å²) in [4.78, 5) is 12.3. The minimum Gasteiger partial charge on any atom is -0.380 e. The molecule has 1 saturated carbocycles. The van der Waals surface area contributed by atoms with Crippen molar-refractivity contribution in [2.75, 3.05) is 5.32 Å². The van der Waals surface area contributed by atoms with Crippen molar-refractivity contribution in [3.63, 3.8) is 0 Å². The number of amides is 1. The molecule has 0 spiro atoms. The molecule has 116 valence electrons. The number of aromatic nitrogens is 2. The minimum atomic E-state index is -0.000352. The molecule has 0 atom stereocenters. The molecule has 1 aliphatic carbocycles. The van der Waals surface area contributed by atoms with Gasteiger partial charge in [-0.25, -0.2) is 0 Å². The maximum Gasteiger partial charge on any atom is 0.253 e. The van der Waals surface area contributed by atoms with Crippen LogP contribution in [0, 0.1) is 0 Å². The molecule has 1 aliphatic rings. The molecule has 0 radical (unpaired) electrons. The highest BCUT2D eigenvalue weighted by Crippen LogP contribution is 2.22. The SMILES string of the molecule is O=C(NC1CC1)c1ccccc1NCc1ccc2cn[nH]c2c1. The van der Waals surface area contributed by atoms with Crippen molar-refractivity contribution in [3.05, 3.63) is 59.8 Å². The second kappa shape index (κ2) is 5.76. The van der Waals surface area contributed by atoms with Gasteiger partial charge >= 0.3 is 0 Å². The predicted octanol–water partition coefficient (Wildman–Crippen LogP) is 3.07. The lowest BCUT2D eigenvalue weighted by molar-refractivity contribution is 0.0952. The van der Waals surface area contributed by atoms with Gasteiger partial charge in [0, 0.05) is 23.7 Å². The van der Waals surface area contributed by atoms with Gasteiger partial charge in [0.2, 0.25) is 0 Å². The Hall–Kier alpha value is -2.82. The highest BCUT2D eigenvalue weighted by atomic mass is 16.1. The summed E-state index contributed by atoms with van der Waals surface area (Å²) in [5.41, 5.74) is 3.71. The number of aromatic amines is 1. The largest absolute Gasteiger partial charge is 0.380 e. The summed E-state index contributed by atoms with van der Waals surface area (Å²) < 4.78 is 0. The standard InChI is InChI=1S/C18H18N4O/c23-18(21-14-7-8-14)15-3-1-2-4-16(15)19-10-12-5-6-13-11-20-22-17(13)9-12/h1-6,9,11,14,19H,7-8,10H2,(H,20,22)(H,21,23). The molecule has 23 heavy (non-hydrogen) atoms. The fraction of sp³-hybridized carbons (Fsp3) is 0.222. The van der Waals surface area contributed by atoms with E-state index in [0.717, 1.165) is 35.0 Å². The minimum absolute atomic E-state index is 0.000352. The predicted molar refractivity (Wildman–Crippen MR) is 90.4 cm³/mol. The van der Waals surface area contributed by atoms with Crippen LogP contribution in [0.25, 0.3) is 10.9 Å². The molecular formula is C18H18N4O. The van der Waals surface area contributed by atoms with Gasteiger partial charge in [-0.1, -0.05) is 24.3 Å². The quantitative estimate of drug-likeness (QED) is 0.678. The van der Waals surface area contributed by atoms with Gasteiger partial charge in [-0.2, -0.15) is 5.10 Å². The Kier molecular flexibility index (Phi) is 3.46. The van der Waals surface area contributed by atoms with Crippen molar-refractivity contribution >= 4 is 22.5 Å². The lowest BCUT2D eigenvalue weighted by atomic mass is 10.1. The summed E-state index contributed by atoms with van der Waals surface area (Å²) in [7, 11) is 0. The van der Waals surface area contributed by atoms with Crippen LogP contribution < -0.4 is 10.6 Å². The van der Waals surface area contributed by atoms with Gasteiger partial charge < -0.3 is 10.6 Å². The van der Waals surface area contributed by atoms with Crippen LogP contribution in [0.3, 0.4) is 0 Å². The van der Waals surface area contributed by atoms with Crippen LogP contribution in [0.4, 0.5) is 5.69 Å². The van der Waals surface area contributed by atoms with Crippen molar-refractivity contribution < 1.29 is 4.79 Å². The Labute approximate surface area is 134 Å². The molecule has 0 aliphatic heterocycles. The van der Waals surface area contributed by atoms with E-state index in [0.29, 0.717) is 18.2 Å². The molecule has 4 rings (SSSR count). The van der Waals surface area contributed by atoms with Crippen LogP contribution in [0.15, 0.2) is 48.7 Å². The lowest BCUT2D eigenvalue weighted by Crippen LogP contribution is -2.26. The van der Waals surface area contributed by atoms with E-state index in [4.69, 9.17) is 0 Å². The van der Waals surface area contributed by atoms with Gasteiger partial charge in [0.05, 0.1) is 17.3 Å². The van der Waals surface area contributed by atoms with Crippen LogP contribution in [0.5, 0.6) is 0 Å². The number of nitrogens with one attached hydrogen (secondary N) is 3. The van der Waals surface area contributed by atoms with E-state index in [9.17, 15) is 4.79 Å². The van der Waals surface area contributed by atoms with E-state index in [-0.39, 0.29) is 5.91 Å². The summed E-state index contributed by atoms with van der Waals surface area (Å²) in [6.45, 7) is 0.655. The number of carbonyl (C=O) groups excluding carboxylic acids is 1. The topological polar surface area (TPSA) is 69.8 Å². The zero-order chi connectivity index (χ0) is 15.6. The molecule has 0 saturated heterocycles. The molecule has 1 amide bonds. The van der Waals surface area contributed by atoms with E-state index in [1.807, 2.05) is 36.5 Å². The first-order valence-corrected chi connectivity index (χ1v) is 7.85. The molecule has 2 aromatic carbocycles. The van der Waals surface area contributed by atoms with Gasteiger partial charge in [0.15, 0.2) is 0 Å². The monoisotopic (exact) mass is 306 g/mol. The van der Waals surface area contributed by atoms with Crippen LogP contribution >= 0.6 is 0 Å². The molecule has 3 aromatic rings. The Bertz CT molecular complexity index is 851. The normalized spacial score (nSPS) is 13.9. The first kappa shape index (κ1) is 13.8. The molecule has 3 N–H and O–H groups in total. The number of benzene rings is 2. The third kappa shape index (κ3) is 3.04. The summed E-state index contributed by atoms with van der Waals surface area (Å²) in [6.07, 6.45) is 3.99. The van der Waals surface area contributed by atoms with Gasteiger partial charge in [-0.3, -0.25) is 9.89 Å². The Morgan fingerprint density at radius 2 is 2.09 bits per heavy atom. The summed E-state index contributed by atoms with van der Waals surface area (Å²) >= 11 is 0. The fourth-order valence-corrected chi connectivity index (χ4v) is 2.62. The molecule has 1 heterocycles. The highest BCUT2D eigenvalue weighted by Gasteiger charge is 2.24. The lowest BCUT2D eigenvalue weighted by Gasteiger charge is -2.12. The number of anilines is 1. The maximum absolute atomic E-state index is 12.3. The van der Waals surface area contributed by atoms with E-state index in [1.165, 1.54) is 0 Å². The average molecular weight is 306 g/mol. The number of carbonyl (C=O) groups is 1. The Morgan fingerprint density at radius 1 is 1.22 bits per heavy atom. The number of hydrogen-bond donors (Lipinski definition) is 3. The van der Waals surface area contributed by atoms with Crippen LogP contribution in [0.2, 0.25) is 0 Å². The summed E-state index contributed by atoms with van der Waals surface area (Å²) in [5, 5.41) is 14.5. The van der Waals surface area contributed by atoms with Crippen molar-refractivity contribution in [2.24, 2.45) is 0 Å². The third-order valence-corrected chi connectivity index (χ3v) is 4.07. The van der Waals surface area contributed by atoms with E-state index >= 15 is 0 Å². The molecular weight excluding hydrogens is 288 g/mol. The van der Waals surface area contributed by atoms with E-state index in [2.05, 4.69) is 33.0 Å². The van der Waals surface area contributed by atoms with Crippen molar-refractivity contribution in [2.45, 2.75) is 25.4 Å². The Morgan fingerprint density at radius 3 is 2.96 bits per heavy atom. The molecule has 1 fully saturated rings. The third-order valence-electron chi connectivity index (χ3n) is 4.07. The second-order valence-electron chi connectivity index (χ2n) is 5.94. The summed E-state index contributed by atoms with van der Waals surface area (Å²) in [5.74, 6) is -0.000352. The Balaban J connectivity index is 1.50. The van der Waals surface area contributed by atoms with Gasteiger partial charge in [0.25, 0.3) is 5.91 Å². The number of rotatable bonds is 5. The molecule has 0 unspecified atom stereocenters. The average Bonchev–Trinajstić information content (AvgIpc) is 3.26. The van der Waals surface area contributed by atoms with Crippen molar-refractivity contribution in [3.8, 4) is 0 Å². The van der Waals surface area contributed by atoms with Crippen molar-refractivity contribution in [1.82, 2.24) is 15.5 Å². The fourth-order valence-electron chi connectivity index (χ4n) is 2.62. The van der Waals surface area contributed by atoms with E-state index in [1.54, 1.807) is 0 Å². The number of hydrogen-bond acceptors (Lipinski definition) is 3. The highest BCUT2D eigenvalue weighted by molar-refractivity contribution is 5.99. The number of para-hydroxylation sites is 1. The molecule has 1 aromatic heterocycles. The second-order valence-corrected chi connectivity index (χ2v) is 5.94. The van der Waals surface area contributed by atoms with Crippen LogP contribution in [-0.2, 0) is 6.54 Å². The number of nitrogens with zero attached hydrogens (tertiary/aromatic N) is 1. The van der Waals surface area contributed by atoms with Gasteiger partial charge in [-0.05, 0) is 36.6 Å². The van der Waals surface area contributed by atoms with Crippen LogP contribution in [-0.4, -0.2) is 22.1 Å². The van der Waals surface area contributed by atoms with Gasteiger partial charge in [0.1, 0.15) is 0 Å². The van der Waals surface area contributed by atoms with E-state index < -0.39 is 0 Å². The molecule has 0 bridgehead atoms. The van der Waals surface area contributed by atoms with Gasteiger partial charge in [-0.15, -0.1) is 0 Å².